The van der Waals surface area contributed by atoms with Gasteiger partial charge in [0.25, 0.3) is 0 Å². The van der Waals surface area contributed by atoms with Crippen molar-refractivity contribution in [2.24, 2.45) is 0 Å². The van der Waals surface area contributed by atoms with Gasteiger partial charge in [-0.25, -0.2) is 0 Å². The van der Waals surface area contributed by atoms with Crippen LogP contribution >= 0.6 is 0 Å². The monoisotopic (exact) mass is 1100 g/mol. The van der Waals surface area contributed by atoms with Gasteiger partial charge >= 0.3 is 17.9 Å². The highest BCUT2D eigenvalue weighted by Gasteiger charge is 2.19. The van der Waals surface area contributed by atoms with Crippen molar-refractivity contribution in [1.82, 2.24) is 0 Å². The highest BCUT2D eigenvalue weighted by molar-refractivity contribution is 5.71. The van der Waals surface area contributed by atoms with E-state index in [4.69, 9.17) is 14.2 Å². The third-order valence-electron chi connectivity index (χ3n) is 15.2. The summed E-state index contributed by atoms with van der Waals surface area (Å²) in [7, 11) is 0. The summed E-state index contributed by atoms with van der Waals surface area (Å²) < 4.78 is 16.9. The molecule has 0 saturated heterocycles. The maximum Gasteiger partial charge on any atom is 0.306 e. The zero-order valence-corrected chi connectivity index (χ0v) is 52.6. The van der Waals surface area contributed by atoms with Crippen molar-refractivity contribution in [1.29, 1.82) is 0 Å². The van der Waals surface area contributed by atoms with Gasteiger partial charge in [-0.05, 0) is 89.9 Å². The number of allylic oxidation sites excluding steroid dienone is 12. The van der Waals surface area contributed by atoms with Crippen LogP contribution in [0.25, 0.3) is 0 Å². The first-order chi connectivity index (χ1) is 39.0. The quantitative estimate of drug-likeness (QED) is 0.0261. The maximum absolute atomic E-state index is 12.9. The summed E-state index contributed by atoms with van der Waals surface area (Å²) in [6.45, 7) is 6.55. The molecule has 6 heteroatoms. The fraction of sp³-hybridized carbons (Fsp3) is 0.795. The van der Waals surface area contributed by atoms with Crippen LogP contribution in [0.5, 0.6) is 0 Å². The van der Waals surface area contributed by atoms with Crippen LogP contribution in [0.3, 0.4) is 0 Å². The molecule has 0 aliphatic rings. The second-order valence-electron chi connectivity index (χ2n) is 23.1. The van der Waals surface area contributed by atoms with Crippen LogP contribution in [-0.2, 0) is 28.6 Å². The van der Waals surface area contributed by atoms with Gasteiger partial charge in [-0.1, -0.05) is 318 Å². The van der Waals surface area contributed by atoms with E-state index in [-0.39, 0.29) is 31.1 Å². The predicted octanol–water partition coefficient (Wildman–Crippen LogP) is 23.7. The van der Waals surface area contributed by atoms with E-state index in [2.05, 4.69) is 93.7 Å². The number of hydrogen-bond acceptors (Lipinski definition) is 6. The molecule has 1 unspecified atom stereocenters. The SMILES string of the molecule is CC/C=C\C/C=C\C/C=C\C/C=C\C/C=C\CCCCCCCCCCCCCCCCCCCCCC(=O)OCC(COC(=O)CCCCCCCCCCCC)OC(=O)CCCCCCC/C=C\CCCCCCCCC. The number of esters is 3. The Labute approximate surface area is 491 Å². The van der Waals surface area contributed by atoms with E-state index in [0.29, 0.717) is 19.3 Å². The van der Waals surface area contributed by atoms with Gasteiger partial charge in [0.15, 0.2) is 6.10 Å². The second-order valence-corrected chi connectivity index (χ2v) is 23.1. The average Bonchev–Trinajstić information content (AvgIpc) is 3.45. The Bertz CT molecular complexity index is 1450. The van der Waals surface area contributed by atoms with Gasteiger partial charge in [-0.2, -0.15) is 0 Å². The molecule has 79 heavy (non-hydrogen) atoms. The number of ether oxygens (including phenoxy) is 3. The maximum atomic E-state index is 12.9. The van der Waals surface area contributed by atoms with E-state index >= 15 is 0 Å². The normalized spacial score (nSPS) is 12.5. The van der Waals surface area contributed by atoms with E-state index in [1.54, 1.807) is 0 Å². The third kappa shape index (κ3) is 65.5. The van der Waals surface area contributed by atoms with E-state index < -0.39 is 6.10 Å². The molecular weight excluding hydrogens is 973 g/mol. The fourth-order valence-electron chi connectivity index (χ4n) is 10.1. The van der Waals surface area contributed by atoms with Gasteiger partial charge in [0.05, 0.1) is 0 Å². The Morgan fingerprint density at radius 1 is 0.266 bits per heavy atom. The van der Waals surface area contributed by atoms with Crippen molar-refractivity contribution >= 4 is 17.9 Å². The van der Waals surface area contributed by atoms with Crippen molar-refractivity contribution in [2.75, 3.05) is 13.2 Å². The molecule has 0 radical (unpaired) electrons. The lowest BCUT2D eigenvalue weighted by atomic mass is 10.0. The summed E-state index contributed by atoms with van der Waals surface area (Å²) in [6, 6.07) is 0. The van der Waals surface area contributed by atoms with Crippen molar-refractivity contribution < 1.29 is 28.6 Å². The van der Waals surface area contributed by atoms with E-state index in [1.807, 2.05) is 0 Å². The standard InChI is InChI=1S/C73H130O6/c1-4-7-10-13-16-19-22-24-26-28-29-30-31-32-33-34-35-36-37-38-39-40-41-42-43-44-45-46-48-49-51-54-57-60-63-66-72(75)78-69-70(68-77-71(74)65-62-59-56-53-21-18-15-12-9-6-3)79-73(76)67-64-61-58-55-52-50-47-27-25-23-20-17-14-11-8-5-2/h7,10,16,19,24,26-27,29-30,32-33,47,70H,4-6,8-9,11-15,17-18,20-23,25,28,31,34-46,48-69H2,1-3H3/b10-7-,19-16-,26-24-,30-29-,33-32-,47-27-. The molecular formula is C73H130O6. The molecule has 0 amide bonds. The third-order valence-corrected chi connectivity index (χ3v) is 15.2. The topological polar surface area (TPSA) is 78.9 Å². The van der Waals surface area contributed by atoms with Crippen LogP contribution in [0.1, 0.15) is 355 Å². The number of hydrogen-bond donors (Lipinski definition) is 0. The minimum atomic E-state index is -0.775. The molecule has 0 aliphatic carbocycles. The molecule has 0 saturated carbocycles. The summed E-state index contributed by atoms with van der Waals surface area (Å²) in [5, 5.41) is 0. The largest absolute Gasteiger partial charge is 0.462 e. The van der Waals surface area contributed by atoms with Gasteiger partial charge in [0.2, 0.25) is 0 Å². The van der Waals surface area contributed by atoms with Crippen LogP contribution < -0.4 is 0 Å². The first-order valence-electron chi connectivity index (χ1n) is 34.4. The van der Waals surface area contributed by atoms with Crippen molar-refractivity contribution in [2.45, 2.75) is 361 Å². The van der Waals surface area contributed by atoms with Crippen LogP contribution in [0.2, 0.25) is 0 Å². The Morgan fingerprint density at radius 2 is 0.494 bits per heavy atom. The lowest BCUT2D eigenvalue weighted by molar-refractivity contribution is -0.167. The molecule has 0 aromatic rings. The molecule has 0 N–H and O–H groups in total. The Morgan fingerprint density at radius 3 is 0.785 bits per heavy atom. The summed E-state index contributed by atoms with van der Waals surface area (Å²) in [4.78, 5) is 38.2. The Hall–Kier alpha value is -3.15. The summed E-state index contributed by atoms with van der Waals surface area (Å²) in [5.74, 6) is -0.862. The zero-order chi connectivity index (χ0) is 57.1. The van der Waals surface area contributed by atoms with Gasteiger partial charge in [0.1, 0.15) is 13.2 Å². The molecule has 0 aromatic heterocycles. The van der Waals surface area contributed by atoms with Crippen molar-refractivity contribution in [3.8, 4) is 0 Å². The number of carbonyl (C=O) groups excluding carboxylic acids is 3. The molecule has 6 nitrogen and oxygen atoms in total. The summed E-state index contributed by atoms with van der Waals surface area (Å²) >= 11 is 0. The highest BCUT2D eigenvalue weighted by atomic mass is 16.6. The Balaban J connectivity index is 4.05. The van der Waals surface area contributed by atoms with E-state index in [0.717, 1.165) is 96.3 Å². The van der Waals surface area contributed by atoms with Gasteiger partial charge < -0.3 is 14.2 Å². The van der Waals surface area contributed by atoms with Crippen LogP contribution in [0.15, 0.2) is 72.9 Å². The first-order valence-corrected chi connectivity index (χ1v) is 34.4. The highest BCUT2D eigenvalue weighted by Crippen LogP contribution is 2.18. The predicted molar refractivity (Wildman–Crippen MR) is 344 cm³/mol. The van der Waals surface area contributed by atoms with Crippen LogP contribution in [-0.4, -0.2) is 37.2 Å². The molecule has 0 heterocycles. The average molecular weight is 1100 g/mol. The minimum Gasteiger partial charge on any atom is -0.462 e. The van der Waals surface area contributed by atoms with Crippen LogP contribution in [0.4, 0.5) is 0 Å². The smallest absolute Gasteiger partial charge is 0.306 e. The fourth-order valence-corrected chi connectivity index (χ4v) is 10.1. The van der Waals surface area contributed by atoms with Crippen molar-refractivity contribution in [3.63, 3.8) is 0 Å². The number of rotatable bonds is 63. The van der Waals surface area contributed by atoms with Gasteiger partial charge in [-0.3, -0.25) is 14.4 Å². The molecule has 0 aliphatic heterocycles. The van der Waals surface area contributed by atoms with E-state index in [9.17, 15) is 14.4 Å². The summed E-state index contributed by atoms with van der Waals surface area (Å²) in [5.41, 5.74) is 0. The lowest BCUT2D eigenvalue weighted by Gasteiger charge is -2.18. The molecule has 0 spiro atoms. The minimum absolute atomic E-state index is 0.0723. The second kappa shape index (κ2) is 67.4. The van der Waals surface area contributed by atoms with Crippen molar-refractivity contribution in [3.05, 3.63) is 72.9 Å². The molecule has 458 valence electrons. The zero-order valence-electron chi connectivity index (χ0n) is 52.6. The number of carbonyl (C=O) groups is 3. The van der Waals surface area contributed by atoms with Gasteiger partial charge in [0, 0.05) is 19.3 Å². The van der Waals surface area contributed by atoms with Crippen LogP contribution in [0, 0.1) is 0 Å². The summed E-state index contributed by atoms with van der Waals surface area (Å²) in [6.07, 6.45) is 88.0. The van der Waals surface area contributed by atoms with Gasteiger partial charge in [-0.15, -0.1) is 0 Å². The molecule has 0 fully saturated rings. The molecule has 0 rings (SSSR count). The molecule has 0 aromatic carbocycles. The lowest BCUT2D eigenvalue weighted by Crippen LogP contribution is -2.30. The molecule has 0 bridgehead atoms. The number of unbranched alkanes of at least 4 members (excludes halogenated alkanes) is 40. The Kier molecular flexibility index (Phi) is 64.7. The van der Waals surface area contributed by atoms with E-state index in [1.165, 1.54) is 218 Å². The first kappa shape index (κ1) is 75.8. The molecule has 1 atom stereocenters.